The van der Waals surface area contributed by atoms with Crippen molar-refractivity contribution in [3.63, 3.8) is 0 Å². The van der Waals surface area contributed by atoms with Crippen molar-refractivity contribution in [3.8, 4) is 0 Å². The van der Waals surface area contributed by atoms with E-state index in [0.717, 1.165) is 0 Å². The molecule has 4 atom stereocenters. The third-order valence-corrected chi connectivity index (χ3v) is 2.10. The fourth-order valence-electron chi connectivity index (χ4n) is 1.22. The van der Waals surface area contributed by atoms with Gasteiger partial charge in [0.15, 0.2) is 6.29 Å². The van der Waals surface area contributed by atoms with Gasteiger partial charge in [0.2, 0.25) is 0 Å². The van der Waals surface area contributed by atoms with Crippen molar-refractivity contribution in [1.29, 1.82) is 0 Å². The van der Waals surface area contributed by atoms with Crippen LogP contribution in [0.15, 0.2) is 0 Å². The van der Waals surface area contributed by atoms with Crippen molar-refractivity contribution in [3.05, 3.63) is 0 Å². The Labute approximate surface area is 70.2 Å². The summed E-state index contributed by atoms with van der Waals surface area (Å²) in [6.45, 7) is 3.05. The quantitative estimate of drug-likeness (QED) is 0.351. The van der Waals surface area contributed by atoms with E-state index in [0.29, 0.717) is 0 Å². The minimum absolute atomic E-state index is 1.04. The normalized spacial score (nSPS) is 47.5. The Hall–Kier alpha value is -0.200. The van der Waals surface area contributed by atoms with Gasteiger partial charge in [-0.3, -0.25) is 0 Å². The monoisotopic (exact) mass is 178 g/mol. The van der Waals surface area contributed by atoms with Crippen molar-refractivity contribution >= 4 is 0 Å². The van der Waals surface area contributed by atoms with E-state index < -0.39 is 30.2 Å². The molecule has 1 aliphatic rings. The Morgan fingerprint density at radius 3 is 2.00 bits per heavy atom. The van der Waals surface area contributed by atoms with Gasteiger partial charge in [0.25, 0.3) is 0 Å². The Morgan fingerprint density at radius 2 is 1.50 bits per heavy atom. The highest BCUT2D eigenvalue weighted by Gasteiger charge is 2.47. The lowest BCUT2D eigenvalue weighted by atomic mass is 9.90. The summed E-state index contributed by atoms with van der Waals surface area (Å²) >= 11 is 0. The predicted molar refractivity (Wildman–Crippen MR) is 39.2 cm³/mol. The predicted octanol–water partition coefficient (Wildman–Crippen LogP) is -1.80. The van der Waals surface area contributed by atoms with Crippen LogP contribution < -0.4 is 0 Å². The summed E-state index contributed by atoms with van der Waals surface area (Å²) in [4.78, 5) is 0. The number of aliphatic hydroxyl groups is 4. The molecule has 0 spiro atoms. The molecule has 1 aliphatic heterocycles. The number of hydrogen-bond donors (Lipinski definition) is 4. The van der Waals surface area contributed by atoms with Crippen LogP contribution in [0.1, 0.15) is 13.8 Å². The van der Waals surface area contributed by atoms with Gasteiger partial charge in [-0.25, -0.2) is 0 Å². The van der Waals surface area contributed by atoms with Crippen molar-refractivity contribution in [2.75, 3.05) is 0 Å². The minimum Gasteiger partial charge on any atom is -0.387 e. The van der Waals surface area contributed by atoms with Crippen molar-refractivity contribution in [2.45, 2.75) is 44.1 Å². The molecule has 1 heterocycles. The van der Waals surface area contributed by atoms with E-state index in [1.807, 2.05) is 0 Å². The van der Waals surface area contributed by atoms with Gasteiger partial charge in [-0.05, 0) is 13.8 Å². The lowest BCUT2D eigenvalue weighted by Crippen LogP contribution is -2.61. The largest absolute Gasteiger partial charge is 0.387 e. The second-order valence-electron chi connectivity index (χ2n) is 3.54. The molecule has 1 rings (SSSR count). The summed E-state index contributed by atoms with van der Waals surface area (Å²) in [5.74, 6) is 0. The average molecular weight is 178 g/mol. The van der Waals surface area contributed by atoms with Crippen LogP contribution in [0, 0.1) is 0 Å². The number of rotatable bonds is 0. The molecule has 1 unspecified atom stereocenters. The summed E-state index contributed by atoms with van der Waals surface area (Å²) in [5.41, 5.74) is -1.04. The van der Waals surface area contributed by atoms with Gasteiger partial charge < -0.3 is 25.2 Å². The van der Waals surface area contributed by atoms with Gasteiger partial charge in [-0.15, -0.1) is 0 Å². The van der Waals surface area contributed by atoms with E-state index in [1.165, 1.54) is 13.8 Å². The molecule has 0 bridgehead atoms. The number of ether oxygens (including phenoxy) is 1. The zero-order valence-corrected chi connectivity index (χ0v) is 7.01. The second kappa shape index (κ2) is 2.93. The molecule has 12 heavy (non-hydrogen) atoms. The highest BCUT2D eigenvalue weighted by molar-refractivity contribution is 4.94. The molecule has 0 aromatic heterocycles. The van der Waals surface area contributed by atoms with E-state index in [2.05, 4.69) is 0 Å². The van der Waals surface area contributed by atoms with Crippen LogP contribution in [0.4, 0.5) is 0 Å². The van der Waals surface area contributed by atoms with E-state index in [-0.39, 0.29) is 0 Å². The Morgan fingerprint density at radius 1 is 1.00 bits per heavy atom. The lowest BCUT2D eigenvalue weighted by molar-refractivity contribution is -0.310. The fraction of sp³-hybridized carbons (Fsp3) is 1.00. The molecule has 0 aromatic rings. The molecule has 0 amide bonds. The molecule has 5 heteroatoms. The topological polar surface area (TPSA) is 90.2 Å². The van der Waals surface area contributed by atoms with Crippen molar-refractivity contribution in [1.82, 2.24) is 0 Å². The highest BCUT2D eigenvalue weighted by Crippen LogP contribution is 2.27. The van der Waals surface area contributed by atoms with E-state index in [1.54, 1.807) is 0 Å². The average Bonchev–Trinajstić information content (AvgIpc) is 1.97. The van der Waals surface area contributed by atoms with Gasteiger partial charge >= 0.3 is 0 Å². The SMILES string of the molecule is CC1(C)OC(O)[C@@H](O)[C@H](O)[C@@H]1O. The summed E-state index contributed by atoms with van der Waals surface area (Å²) in [7, 11) is 0. The van der Waals surface area contributed by atoms with Crippen LogP contribution in [0.2, 0.25) is 0 Å². The second-order valence-corrected chi connectivity index (χ2v) is 3.54. The Balaban J connectivity index is 2.78. The molecule has 4 N–H and O–H groups in total. The van der Waals surface area contributed by atoms with Gasteiger partial charge in [0.05, 0.1) is 5.60 Å². The summed E-state index contributed by atoms with van der Waals surface area (Å²) in [5, 5.41) is 36.7. The minimum atomic E-state index is -1.45. The summed E-state index contributed by atoms with van der Waals surface area (Å²) in [6, 6.07) is 0. The smallest absolute Gasteiger partial charge is 0.184 e. The van der Waals surface area contributed by atoms with E-state index >= 15 is 0 Å². The van der Waals surface area contributed by atoms with Crippen LogP contribution in [-0.4, -0.2) is 50.6 Å². The molecule has 5 nitrogen and oxygen atoms in total. The molecule has 0 radical (unpaired) electrons. The maximum absolute atomic E-state index is 9.35. The maximum atomic E-state index is 9.35. The van der Waals surface area contributed by atoms with Crippen molar-refractivity contribution in [2.24, 2.45) is 0 Å². The van der Waals surface area contributed by atoms with Gasteiger partial charge in [-0.1, -0.05) is 0 Å². The van der Waals surface area contributed by atoms with E-state index in [4.69, 9.17) is 14.9 Å². The lowest BCUT2D eigenvalue weighted by Gasteiger charge is -2.43. The van der Waals surface area contributed by atoms with Crippen LogP contribution in [0.5, 0.6) is 0 Å². The molecule has 72 valence electrons. The van der Waals surface area contributed by atoms with Crippen LogP contribution in [0.25, 0.3) is 0 Å². The Bertz CT molecular complexity index is 169. The van der Waals surface area contributed by atoms with Crippen LogP contribution in [0.3, 0.4) is 0 Å². The first-order valence-corrected chi connectivity index (χ1v) is 3.76. The number of aliphatic hydroxyl groups excluding tert-OH is 4. The first kappa shape index (κ1) is 9.88. The Kier molecular flexibility index (Phi) is 2.42. The molecule has 0 aliphatic carbocycles. The standard InChI is InChI=1S/C7H14O5/c1-7(2)5(10)3(8)4(9)6(11)12-7/h3-6,8-11H,1-2H3/t3-,4-,5-,6?/m0/s1. The summed E-state index contributed by atoms with van der Waals surface area (Å²) < 4.78 is 4.86. The zero-order valence-electron chi connectivity index (χ0n) is 7.01. The molecular weight excluding hydrogens is 164 g/mol. The molecule has 1 saturated heterocycles. The summed E-state index contributed by atoms with van der Waals surface area (Å²) in [6.07, 6.45) is -5.47. The van der Waals surface area contributed by atoms with Gasteiger partial charge in [0.1, 0.15) is 18.3 Å². The third-order valence-electron chi connectivity index (χ3n) is 2.10. The van der Waals surface area contributed by atoms with Crippen molar-refractivity contribution < 1.29 is 25.2 Å². The van der Waals surface area contributed by atoms with Crippen LogP contribution in [-0.2, 0) is 4.74 Å². The third kappa shape index (κ3) is 1.46. The van der Waals surface area contributed by atoms with E-state index in [9.17, 15) is 10.2 Å². The zero-order chi connectivity index (χ0) is 9.52. The van der Waals surface area contributed by atoms with Gasteiger partial charge in [-0.2, -0.15) is 0 Å². The molecule has 1 fully saturated rings. The fourth-order valence-corrected chi connectivity index (χ4v) is 1.22. The van der Waals surface area contributed by atoms with Crippen LogP contribution >= 0.6 is 0 Å². The highest BCUT2D eigenvalue weighted by atomic mass is 16.6. The number of hydrogen-bond acceptors (Lipinski definition) is 5. The van der Waals surface area contributed by atoms with Gasteiger partial charge in [0, 0.05) is 0 Å². The maximum Gasteiger partial charge on any atom is 0.184 e. The molecule has 0 saturated carbocycles. The molecule has 0 aromatic carbocycles. The first-order chi connectivity index (χ1) is 5.36. The first-order valence-electron chi connectivity index (χ1n) is 3.76. The molecular formula is C7H14O5.